The molecular weight excluding hydrogens is 416 g/mol. The number of carbonyl (C=O) groups excluding carboxylic acids is 1. The van der Waals surface area contributed by atoms with Gasteiger partial charge in [-0.15, -0.1) is 0 Å². The zero-order valence-corrected chi connectivity index (χ0v) is 18.0. The summed E-state index contributed by atoms with van der Waals surface area (Å²) in [5, 5.41) is 5.85. The smallest absolute Gasteiger partial charge is 0.250 e. The predicted molar refractivity (Wildman–Crippen MR) is 132 cm³/mol. The van der Waals surface area contributed by atoms with Crippen LogP contribution in [0.3, 0.4) is 0 Å². The van der Waals surface area contributed by atoms with Crippen molar-refractivity contribution >= 4 is 49.4 Å². The lowest BCUT2D eigenvalue weighted by atomic mass is 10.1. The third kappa shape index (κ3) is 4.68. The van der Waals surface area contributed by atoms with Gasteiger partial charge in [0, 0.05) is 6.08 Å². The molecule has 4 nitrogen and oxygen atoms in total. The van der Waals surface area contributed by atoms with Crippen LogP contribution in [0, 0.1) is 0 Å². The minimum Gasteiger partial charge on any atom is -0.489 e. The topological polar surface area (TPSA) is 51.2 Å². The van der Waals surface area contributed by atoms with Crippen molar-refractivity contribution in [3.05, 3.63) is 108 Å². The Balaban J connectivity index is 1.17. The summed E-state index contributed by atoms with van der Waals surface area (Å²) in [5.41, 5.74) is 2.93. The van der Waals surface area contributed by atoms with E-state index in [9.17, 15) is 4.79 Å². The van der Waals surface area contributed by atoms with Crippen molar-refractivity contribution in [2.24, 2.45) is 0 Å². The highest BCUT2D eigenvalue weighted by molar-refractivity contribution is 7.22. The second-order valence-corrected chi connectivity index (χ2v) is 8.38. The molecule has 0 fully saturated rings. The second kappa shape index (κ2) is 9.04. The van der Waals surface area contributed by atoms with E-state index >= 15 is 0 Å². The summed E-state index contributed by atoms with van der Waals surface area (Å²) in [7, 11) is 0. The average Bonchev–Trinajstić information content (AvgIpc) is 3.24. The van der Waals surface area contributed by atoms with E-state index in [4.69, 9.17) is 4.74 Å². The lowest BCUT2D eigenvalue weighted by molar-refractivity contribution is -0.111. The van der Waals surface area contributed by atoms with Crippen LogP contribution in [0.4, 0.5) is 5.13 Å². The summed E-state index contributed by atoms with van der Waals surface area (Å²) in [4.78, 5) is 16.6. The number of carbonyl (C=O) groups is 1. The number of fused-ring (bicyclic) bond motifs is 2. The molecule has 0 saturated carbocycles. The van der Waals surface area contributed by atoms with E-state index in [1.54, 1.807) is 6.08 Å². The first kappa shape index (κ1) is 20.0. The fourth-order valence-corrected chi connectivity index (χ4v) is 4.28. The van der Waals surface area contributed by atoms with Crippen LogP contribution in [0.15, 0.2) is 97.1 Å². The molecule has 0 saturated heterocycles. The van der Waals surface area contributed by atoms with Gasteiger partial charge in [0.25, 0.3) is 0 Å². The molecule has 0 bridgehead atoms. The Kier molecular flexibility index (Phi) is 5.64. The van der Waals surface area contributed by atoms with Crippen LogP contribution in [0.2, 0.25) is 0 Å². The minimum absolute atomic E-state index is 0.208. The van der Waals surface area contributed by atoms with Gasteiger partial charge in [-0.05, 0) is 58.3 Å². The van der Waals surface area contributed by atoms with Gasteiger partial charge in [-0.3, -0.25) is 10.1 Å². The third-order valence-electron chi connectivity index (χ3n) is 5.05. The standard InChI is InChI=1S/C27H20N2O2S/c30-26(29-27-28-24-7-3-4-8-25(24)32-27)16-12-19-10-14-23(15-11-19)31-18-20-9-13-21-5-1-2-6-22(21)17-20/h1-17H,18H2,(H,28,29,30)/b16-12+. The molecule has 0 aliphatic rings. The lowest BCUT2D eigenvalue weighted by Crippen LogP contribution is -2.07. The normalized spacial score (nSPS) is 11.2. The van der Waals surface area contributed by atoms with Gasteiger partial charge in [0.1, 0.15) is 12.4 Å². The molecule has 0 aliphatic carbocycles. The predicted octanol–water partition coefficient (Wildman–Crippen LogP) is 6.68. The monoisotopic (exact) mass is 436 g/mol. The Morgan fingerprint density at radius 2 is 1.69 bits per heavy atom. The molecule has 0 unspecified atom stereocenters. The number of para-hydroxylation sites is 1. The Morgan fingerprint density at radius 1 is 0.906 bits per heavy atom. The highest BCUT2D eigenvalue weighted by Crippen LogP contribution is 2.25. The van der Waals surface area contributed by atoms with Gasteiger partial charge in [0.2, 0.25) is 5.91 Å². The molecule has 5 rings (SSSR count). The number of ether oxygens (including phenoxy) is 1. The maximum Gasteiger partial charge on any atom is 0.250 e. The van der Waals surface area contributed by atoms with Crippen LogP contribution in [-0.4, -0.2) is 10.9 Å². The Morgan fingerprint density at radius 3 is 2.53 bits per heavy atom. The summed E-state index contributed by atoms with van der Waals surface area (Å²) >= 11 is 1.46. The summed E-state index contributed by atoms with van der Waals surface area (Å²) in [6, 6.07) is 30.1. The second-order valence-electron chi connectivity index (χ2n) is 7.35. The Hall–Kier alpha value is -3.96. The molecule has 1 N–H and O–H groups in total. The quantitative estimate of drug-likeness (QED) is 0.302. The maximum atomic E-state index is 12.2. The van der Waals surface area contributed by atoms with Crippen molar-refractivity contribution in [1.82, 2.24) is 4.98 Å². The van der Waals surface area contributed by atoms with Gasteiger partial charge in [-0.1, -0.05) is 72.0 Å². The number of amides is 1. The molecule has 5 aromatic rings. The highest BCUT2D eigenvalue weighted by Gasteiger charge is 2.05. The maximum absolute atomic E-state index is 12.2. The van der Waals surface area contributed by atoms with Gasteiger partial charge in [-0.2, -0.15) is 0 Å². The van der Waals surface area contributed by atoms with Gasteiger partial charge >= 0.3 is 0 Å². The van der Waals surface area contributed by atoms with Gasteiger partial charge in [0.05, 0.1) is 10.2 Å². The molecule has 0 atom stereocenters. The zero-order valence-electron chi connectivity index (χ0n) is 17.2. The van der Waals surface area contributed by atoms with E-state index in [1.165, 1.54) is 28.2 Å². The van der Waals surface area contributed by atoms with Crippen molar-refractivity contribution in [1.29, 1.82) is 0 Å². The number of hydrogen-bond acceptors (Lipinski definition) is 4. The molecule has 4 aromatic carbocycles. The van der Waals surface area contributed by atoms with Crippen molar-refractivity contribution < 1.29 is 9.53 Å². The van der Waals surface area contributed by atoms with Gasteiger partial charge < -0.3 is 4.74 Å². The van der Waals surface area contributed by atoms with Crippen LogP contribution < -0.4 is 10.1 Å². The van der Waals surface area contributed by atoms with Gasteiger partial charge in [0.15, 0.2) is 5.13 Å². The largest absolute Gasteiger partial charge is 0.489 e. The number of anilines is 1. The highest BCUT2D eigenvalue weighted by atomic mass is 32.1. The fourth-order valence-electron chi connectivity index (χ4n) is 3.42. The van der Waals surface area contributed by atoms with E-state index in [1.807, 2.05) is 60.7 Å². The molecule has 1 amide bonds. The molecule has 1 heterocycles. The van der Waals surface area contributed by atoms with E-state index in [2.05, 4.69) is 40.6 Å². The fraction of sp³-hybridized carbons (Fsp3) is 0.0370. The molecule has 0 spiro atoms. The first-order valence-electron chi connectivity index (χ1n) is 10.3. The Labute approximate surface area is 189 Å². The minimum atomic E-state index is -0.208. The van der Waals surface area contributed by atoms with Crippen molar-refractivity contribution in [2.45, 2.75) is 6.61 Å². The van der Waals surface area contributed by atoms with E-state index < -0.39 is 0 Å². The van der Waals surface area contributed by atoms with E-state index in [-0.39, 0.29) is 5.91 Å². The molecule has 5 heteroatoms. The average molecular weight is 437 g/mol. The number of benzene rings is 4. The van der Waals surface area contributed by atoms with Crippen molar-refractivity contribution in [3.8, 4) is 5.75 Å². The van der Waals surface area contributed by atoms with Crippen LogP contribution in [0.1, 0.15) is 11.1 Å². The first-order chi connectivity index (χ1) is 15.7. The van der Waals surface area contributed by atoms with Crippen LogP contribution in [0.5, 0.6) is 5.75 Å². The van der Waals surface area contributed by atoms with Crippen molar-refractivity contribution in [3.63, 3.8) is 0 Å². The number of aromatic nitrogens is 1. The van der Waals surface area contributed by atoms with Crippen LogP contribution in [0.25, 0.3) is 27.1 Å². The summed E-state index contributed by atoms with van der Waals surface area (Å²) in [6.07, 6.45) is 3.28. The molecular formula is C27H20N2O2S. The Bertz CT molecular complexity index is 1390. The molecule has 156 valence electrons. The number of thiazole rings is 1. The van der Waals surface area contributed by atoms with Gasteiger partial charge in [-0.25, -0.2) is 4.98 Å². The summed E-state index contributed by atoms with van der Waals surface area (Å²) in [6.45, 7) is 0.505. The summed E-state index contributed by atoms with van der Waals surface area (Å²) < 4.78 is 6.97. The van der Waals surface area contributed by atoms with E-state index in [0.717, 1.165) is 27.1 Å². The third-order valence-corrected chi connectivity index (χ3v) is 6.00. The molecule has 32 heavy (non-hydrogen) atoms. The van der Waals surface area contributed by atoms with E-state index in [0.29, 0.717) is 11.7 Å². The zero-order chi connectivity index (χ0) is 21.8. The first-order valence-corrected chi connectivity index (χ1v) is 11.1. The SMILES string of the molecule is O=C(/C=C/c1ccc(OCc2ccc3ccccc3c2)cc1)Nc1nc2ccccc2s1. The molecule has 0 radical (unpaired) electrons. The number of nitrogens with one attached hydrogen (secondary N) is 1. The molecule has 1 aromatic heterocycles. The van der Waals surface area contributed by atoms with Crippen LogP contribution >= 0.6 is 11.3 Å². The van der Waals surface area contributed by atoms with Crippen LogP contribution in [-0.2, 0) is 11.4 Å². The number of hydrogen-bond donors (Lipinski definition) is 1. The molecule has 0 aliphatic heterocycles. The lowest BCUT2D eigenvalue weighted by Gasteiger charge is -2.08. The number of rotatable bonds is 6. The van der Waals surface area contributed by atoms with Crippen molar-refractivity contribution in [2.75, 3.05) is 5.32 Å². The number of nitrogens with zero attached hydrogens (tertiary/aromatic N) is 1. The summed E-state index contributed by atoms with van der Waals surface area (Å²) in [5.74, 6) is 0.579.